The van der Waals surface area contributed by atoms with E-state index in [-0.39, 0.29) is 5.69 Å². The second-order valence-electron chi connectivity index (χ2n) is 3.31. The van der Waals surface area contributed by atoms with Crippen molar-refractivity contribution in [2.45, 2.75) is 13.0 Å². The zero-order valence-corrected chi connectivity index (χ0v) is 8.08. The number of carboxylic acid groups (broad SMARTS) is 1. The van der Waals surface area contributed by atoms with Gasteiger partial charge in [-0.1, -0.05) is 0 Å². The number of nitrogens with zero attached hydrogens (tertiary/aromatic N) is 2. The van der Waals surface area contributed by atoms with E-state index in [2.05, 4.69) is 4.98 Å². The number of rotatable bonds is 2. The molecule has 0 fully saturated rings. The van der Waals surface area contributed by atoms with Crippen LogP contribution in [0.4, 0.5) is 0 Å². The highest BCUT2D eigenvalue weighted by molar-refractivity contribution is 5.86. The summed E-state index contributed by atoms with van der Waals surface area (Å²) in [5.74, 6) is -1.02. The molecule has 2 heterocycles. The molecule has 0 bridgehead atoms. The Hall–Kier alpha value is -1.88. The van der Waals surface area contributed by atoms with E-state index in [9.17, 15) is 9.90 Å². The quantitative estimate of drug-likeness (QED) is 0.771. The van der Waals surface area contributed by atoms with Gasteiger partial charge in [0.15, 0.2) is 5.69 Å². The van der Waals surface area contributed by atoms with Gasteiger partial charge >= 0.3 is 5.97 Å². The SMILES string of the molecule is CC(O)c1ccn2c(C(=O)O)cnc2c1. The van der Waals surface area contributed by atoms with Crippen LogP contribution in [0.1, 0.15) is 29.1 Å². The fourth-order valence-electron chi connectivity index (χ4n) is 1.41. The van der Waals surface area contributed by atoms with Crippen molar-refractivity contribution in [2.24, 2.45) is 0 Å². The molecule has 0 aromatic carbocycles. The summed E-state index contributed by atoms with van der Waals surface area (Å²) in [5, 5.41) is 18.2. The number of aromatic nitrogens is 2. The van der Waals surface area contributed by atoms with E-state index >= 15 is 0 Å². The molecule has 0 saturated heterocycles. The second-order valence-corrected chi connectivity index (χ2v) is 3.31. The van der Waals surface area contributed by atoms with Crippen LogP contribution in [0.5, 0.6) is 0 Å². The average molecular weight is 206 g/mol. The second kappa shape index (κ2) is 3.36. The topological polar surface area (TPSA) is 74.8 Å². The van der Waals surface area contributed by atoms with Crippen LogP contribution < -0.4 is 0 Å². The molecule has 0 saturated carbocycles. The summed E-state index contributed by atoms with van der Waals surface area (Å²) in [6.45, 7) is 1.65. The number of fused-ring (bicyclic) bond motifs is 1. The van der Waals surface area contributed by atoms with E-state index in [1.807, 2.05) is 0 Å². The van der Waals surface area contributed by atoms with Crippen LogP contribution >= 0.6 is 0 Å². The fraction of sp³-hybridized carbons (Fsp3) is 0.200. The predicted molar refractivity (Wildman–Crippen MR) is 52.8 cm³/mol. The third-order valence-corrected chi connectivity index (χ3v) is 2.24. The Kier molecular flexibility index (Phi) is 2.17. The van der Waals surface area contributed by atoms with Crippen molar-refractivity contribution < 1.29 is 15.0 Å². The number of pyridine rings is 1. The molecule has 2 aromatic heterocycles. The van der Waals surface area contributed by atoms with Crippen molar-refractivity contribution in [2.75, 3.05) is 0 Å². The van der Waals surface area contributed by atoms with E-state index in [0.717, 1.165) is 0 Å². The Morgan fingerprint density at radius 2 is 2.33 bits per heavy atom. The highest BCUT2D eigenvalue weighted by atomic mass is 16.4. The zero-order chi connectivity index (χ0) is 11.0. The number of aliphatic hydroxyl groups is 1. The first-order valence-electron chi connectivity index (χ1n) is 4.48. The van der Waals surface area contributed by atoms with Crippen LogP contribution in [0.25, 0.3) is 5.65 Å². The lowest BCUT2D eigenvalue weighted by Crippen LogP contribution is -2.02. The molecule has 0 aliphatic heterocycles. The van der Waals surface area contributed by atoms with Gasteiger partial charge in [0, 0.05) is 6.20 Å². The maximum absolute atomic E-state index is 10.8. The summed E-state index contributed by atoms with van der Waals surface area (Å²) in [6.07, 6.45) is 2.30. The minimum Gasteiger partial charge on any atom is -0.477 e. The maximum Gasteiger partial charge on any atom is 0.354 e. The normalized spacial score (nSPS) is 12.9. The summed E-state index contributed by atoms with van der Waals surface area (Å²) in [5.41, 5.74) is 1.35. The van der Waals surface area contributed by atoms with Crippen molar-refractivity contribution >= 4 is 11.6 Å². The van der Waals surface area contributed by atoms with Gasteiger partial charge in [0.1, 0.15) is 5.65 Å². The van der Waals surface area contributed by atoms with Gasteiger partial charge in [0.2, 0.25) is 0 Å². The van der Waals surface area contributed by atoms with E-state index in [4.69, 9.17) is 5.11 Å². The Balaban J connectivity index is 2.61. The molecule has 5 heteroatoms. The van der Waals surface area contributed by atoms with Crippen LogP contribution in [-0.4, -0.2) is 25.6 Å². The molecule has 2 rings (SSSR count). The Morgan fingerprint density at radius 1 is 1.60 bits per heavy atom. The number of imidazole rings is 1. The smallest absolute Gasteiger partial charge is 0.354 e. The number of hydrogen-bond donors (Lipinski definition) is 2. The average Bonchev–Trinajstić information content (AvgIpc) is 2.59. The first-order chi connectivity index (χ1) is 7.09. The Labute approximate surface area is 85.6 Å². The molecule has 2 N–H and O–H groups in total. The van der Waals surface area contributed by atoms with Gasteiger partial charge in [0.25, 0.3) is 0 Å². The first kappa shape index (κ1) is 9.67. The van der Waals surface area contributed by atoms with Gasteiger partial charge < -0.3 is 10.2 Å². The molecule has 0 amide bonds. The standard InChI is InChI=1S/C10H10N2O3/c1-6(13)7-2-3-12-8(10(14)15)5-11-9(12)4-7/h2-6,13H,1H3,(H,14,15). The number of aromatic carboxylic acids is 1. The highest BCUT2D eigenvalue weighted by Gasteiger charge is 2.11. The van der Waals surface area contributed by atoms with Gasteiger partial charge in [0.05, 0.1) is 12.3 Å². The lowest BCUT2D eigenvalue weighted by molar-refractivity contribution is 0.0689. The lowest BCUT2D eigenvalue weighted by Gasteiger charge is -2.04. The van der Waals surface area contributed by atoms with Crippen molar-refractivity contribution in [3.8, 4) is 0 Å². The molecule has 15 heavy (non-hydrogen) atoms. The van der Waals surface area contributed by atoms with Crippen molar-refractivity contribution in [1.29, 1.82) is 0 Å². The molecular formula is C10H10N2O3. The monoisotopic (exact) mass is 206 g/mol. The van der Waals surface area contributed by atoms with Crippen LogP contribution in [-0.2, 0) is 0 Å². The third kappa shape index (κ3) is 1.57. The van der Waals surface area contributed by atoms with Crippen molar-refractivity contribution in [3.63, 3.8) is 0 Å². The van der Waals surface area contributed by atoms with Crippen LogP contribution in [0.3, 0.4) is 0 Å². The number of carboxylic acids is 1. The molecule has 0 aliphatic carbocycles. The van der Waals surface area contributed by atoms with Crippen molar-refractivity contribution in [1.82, 2.24) is 9.38 Å². The molecule has 0 aliphatic rings. The molecule has 1 unspecified atom stereocenters. The van der Waals surface area contributed by atoms with Gasteiger partial charge in [-0.15, -0.1) is 0 Å². The number of carbonyl (C=O) groups is 1. The Bertz CT molecular complexity index is 516. The van der Waals surface area contributed by atoms with Gasteiger partial charge in [-0.2, -0.15) is 0 Å². The maximum atomic E-state index is 10.8. The third-order valence-electron chi connectivity index (χ3n) is 2.24. The molecule has 0 spiro atoms. The van der Waals surface area contributed by atoms with E-state index in [1.54, 1.807) is 25.3 Å². The molecular weight excluding hydrogens is 196 g/mol. The molecule has 78 valence electrons. The van der Waals surface area contributed by atoms with Crippen LogP contribution in [0.15, 0.2) is 24.5 Å². The van der Waals surface area contributed by atoms with E-state index in [1.165, 1.54) is 10.6 Å². The van der Waals surface area contributed by atoms with Crippen LogP contribution in [0, 0.1) is 0 Å². The predicted octanol–water partition coefficient (Wildman–Crippen LogP) is 1.09. The van der Waals surface area contributed by atoms with E-state index in [0.29, 0.717) is 11.2 Å². The fourth-order valence-corrected chi connectivity index (χ4v) is 1.41. The first-order valence-corrected chi connectivity index (χ1v) is 4.48. The minimum atomic E-state index is -1.02. The van der Waals surface area contributed by atoms with E-state index < -0.39 is 12.1 Å². The van der Waals surface area contributed by atoms with Crippen molar-refractivity contribution in [3.05, 3.63) is 35.8 Å². The molecule has 5 nitrogen and oxygen atoms in total. The summed E-state index contributed by atoms with van der Waals surface area (Å²) < 4.78 is 1.47. The summed E-state index contributed by atoms with van der Waals surface area (Å²) >= 11 is 0. The van der Waals surface area contributed by atoms with Gasteiger partial charge in [-0.25, -0.2) is 9.78 Å². The number of aliphatic hydroxyl groups excluding tert-OH is 1. The summed E-state index contributed by atoms with van der Waals surface area (Å²) in [6, 6.07) is 3.34. The van der Waals surface area contributed by atoms with Gasteiger partial charge in [-0.3, -0.25) is 4.40 Å². The molecule has 1 atom stereocenters. The summed E-state index contributed by atoms with van der Waals surface area (Å²) in [7, 11) is 0. The lowest BCUT2D eigenvalue weighted by atomic mass is 10.2. The van der Waals surface area contributed by atoms with Crippen LogP contribution in [0.2, 0.25) is 0 Å². The molecule has 0 radical (unpaired) electrons. The minimum absolute atomic E-state index is 0.113. The molecule has 2 aromatic rings. The van der Waals surface area contributed by atoms with Gasteiger partial charge in [-0.05, 0) is 24.6 Å². The largest absolute Gasteiger partial charge is 0.477 e. The Morgan fingerprint density at radius 3 is 2.93 bits per heavy atom. The number of hydrogen-bond acceptors (Lipinski definition) is 3. The highest BCUT2D eigenvalue weighted by Crippen LogP contribution is 2.15. The summed E-state index contributed by atoms with van der Waals surface area (Å²) in [4.78, 5) is 14.7. The zero-order valence-electron chi connectivity index (χ0n) is 8.08.